The maximum atomic E-state index is 11.2. The van der Waals surface area contributed by atoms with Crippen LogP contribution in [-0.2, 0) is 9.53 Å². The van der Waals surface area contributed by atoms with Crippen molar-refractivity contribution in [3.05, 3.63) is 23.8 Å². The Kier molecular flexibility index (Phi) is 4.65. The SMILES string of the molecule is CC(=O)Nc1cc(NC2CC(C)OC(C)C2)ccc1C. The Morgan fingerprint density at radius 3 is 2.50 bits per heavy atom. The Labute approximate surface area is 120 Å². The molecule has 110 valence electrons. The van der Waals surface area contributed by atoms with Gasteiger partial charge in [0.25, 0.3) is 0 Å². The molecule has 2 atom stereocenters. The molecule has 1 aliphatic rings. The second kappa shape index (κ2) is 6.27. The molecule has 1 aliphatic heterocycles. The van der Waals surface area contributed by atoms with Gasteiger partial charge in [-0.05, 0) is 51.3 Å². The number of rotatable bonds is 3. The van der Waals surface area contributed by atoms with Crippen LogP contribution < -0.4 is 10.6 Å². The molecule has 4 nitrogen and oxygen atoms in total. The number of aryl methyl sites for hydroxylation is 1. The molecule has 20 heavy (non-hydrogen) atoms. The van der Waals surface area contributed by atoms with Crippen LogP contribution in [0.2, 0.25) is 0 Å². The first kappa shape index (κ1) is 14.9. The topological polar surface area (TPSA) is 50.4 Å². The number of benzene rings is 1. The highest BCUT2D eigenvalue weighted by Crippen LogP contribution is 2.25. The molecule has 0 radical (unpaired) electrons. The van der Waals surface area contributed by atoms with Crippen molar-refractivity contribution in [2.75, 3.05) is 10.6 Å². The number of hydrogen-bond acceptors (Lipinski definition) is 3. The highest BCUT2D eigenvalue weighted by atomic mass is 16.5. The van der Waals surface area contributed by atoms with Crippen LogP contribution in [0.5, 0.6) is 0 Å². The van der Waals surface area contributed by atoms with E-state index < -0.39 is 0 Å². The lowest BCUT2D eigenvalue weighted by atomic mass is 9.99. The normalized spacial score (nSPS) is 26.1. The van der Waals surface area contributed by atoms with E-state index in [4.69, 9.17) is 4.74 Å². The second-order valence-electron chi connectivity index (χ2n) is 5.78. The smallest absolute Gasteiger partial charge is 0.221 e. The van der Waals surface area contributed by atoms with Gasteiger partial charge < -0.3 is 15.4 Å². The lowest BCUT2D eigenvalue weighted by molar-refractivity contribution is -0.114. The zero-order chi connectivity index (χ0) is 14.7. The number of hydrogen-bond donors (Lipinski definition) is 2. The Balaban J connectivity index is 2.07. The highest BCUT2D eigenvalue weighted by Gasteiger charge is 2.24. The first-order valence-corrected chi connectivity index (χ1v) is 7.24. The first-order valence-electron chi connectivity index (χ1n) is 7.24. The predicted octanol–water partition coefficient (Wildman–Crippen LogP) is 3.32. The highest BCUT2D eigenvalue weighted by molar-refractivity contribution is 5.90. The Bertz CT molecular complexity index is 477. The fourth-order valence-electron chi connectivity index (χ4n) is 2.79. The fourth-order valence-corrected chi connectivity index (χ4v) is 2.79. The van der Waals surface area contributed by atoms with E-state index >= 15 is 0 Å². The molecule has 0 aliphatic carbocycles. The lowest BCUT2D eigenvalue weighted by Gasteiger charge is -2.33. The van der Waals surface area contributed by atoms with E-state index in [1.54, 1.807) is 0 Å². The van der Waals surface area contributed by atoms with Crippen LogP contribution >= 0.6 is 0 Å². The van der Waals surface area contributed by atoms with Crippen molar-refractivity contribution >= 4 is 17.3 Å². The van der Waals surface area contributed by atoms with Crippen LogP contribution in [-0.4, -0.2) is 24.2 Å². The third kappa shape index (κ3) is 3.97. The molecule has 0 bridgehead atoms. The molecule has 0 aromatic heterocycles. The third-order valence-electron chi connectivity index (χ3n) is 3.62. The predicted molar refractivity (Wildman–Crippen MR) is 82.1 cm³/mol. The van der Waals surface area contributed by atoms with Gasteiger partial charge in [-0.15, -0.1) is 0 Å². The minimum absolute atomic E-state index is 0.0430. The first-order chi connectivity index (χ1) is 9.44. The maximum absolute atomic E-state index is 11.2. The summed E-state index contributed by atoms with van der Waals surface area (Å²) in [4.78, 5) is 11.2. The van der Waals surface area contributed by atoms with Crippen molar-refractivity contribution in [2.45, 2.75) is 58.8 Å². The summed E-state index contributed by atoms with van der Waals surface area (Å²) in [5, 5.41) is 6.42. The molecule has 0 saturated carbocycles. The van der Waals surface area contributed by atoms with Crippen molar-refractivity contribution in [3.8, 4) is 0 Å². The van der Waals surface area contributed by atoms with E-state index in [2.05, 4.69) is 30.5 Å². The van der Waals surface area contributed by atoms with Gasteiger partial charge in [0.15, 0.2) is 0 Å². The number of nitrogens with one attached hydrogen (secondary N) is 2. The van der Waals surface area contributed by atoms with Crippen molar-refractivity contribution < 1.29 is 9.53 Å². The number of amides is 1. The van der Waals surface area contributed by atoms with Gasteiger partial charge in [0, 0.05) is 24.3 Å². The van der Waals surface area contributed by atoms with Gasteiger partial charge in [-0.25, -0.2) is 0 Å². The molecule has 4 heteroatoms. The molecule has 1 aromatic carbocycles. The summed E-state index contributed by atoms with van der Waals surface area (Å²) >= 11 is 0. The largest absolute Gasteiger partial charge is 0.382 e. The monoisotopic (exact) mass is 276 g/mol. The van der Waals surface area contributed by atoms with Crippen molar-refractivity contribution in [1.29, 1.82) is 0 Å². The zero-order valence-electron chi connectivity index (χ0n) is 12.7. The quantitative estimate of drug-likeness (QED) is 0.890. The van der Waals surface area contributed by atoms with E-state index in [0.29, 0.717) is 6.04 Å². The average molecular weight is 276 g/mol. The minimum Gasteiger partial charge on any atom is -0.382 e. The number of ether oxygens (including phenoxy) is 1. The summed E-state index contributed by atoms with van der Waals surface area (Å²) in [5.41, 5.74) is 2.99. The number of anilines is 2. The van der Waals surface area contributed by atoms with E-state index in [-0.39, 0.29) is 18.1 Å². The Morgan fingerprint density at radius 2 is 1.90 bits per heavy atom. The molecule has 2 rings (SSSR count). The Morgan fingerprint density at radius 1 is 1.25 bits per heavy atom. The van der Waals surface area contributed by atoms with Gasteiger partial charge in [0.1, 0.15) is 0 Å². The lowest BCUT2D eigenvalue weighted by Crippen LogP contribution is -2.36. The maximum Gasteiger partial charge on any atom is 0.221 e. The molecule has 0 spiro atoms. The minimum atomic E-state index is -0.0430. The van der Waals surface area contributed by atoms with E-state index in [9.17, 15) is 4.79 Å². The van der Waals surface area contributed by atoms with Crippen molar-refractivity contribution in [2.24, 2.45) is 0 Å². The van der Waals surface area contributed by atoms with Crippen LogP contribution in [0.1, 0.15) is 39.2 Å². The van der Waals surface area contributed by atoms with E-state index in [1.807, 2.05) is 19.1 Å². The van der Waals surface area contributed by atoms with E-state index in [0.717, 1.165) is 29.8 Å². The molecule has 1 fully saturated rings. The molecule has 1 saturated heterocycles. The van der Waals surface area contributed by atoms with Crippen LogP contribution in [0.15, 0.2) is 18.2 Å². The van der Waals surface area contributed by atoms with Gasteiger partial charge >= 0.3 is 0 Å². The van der Waals surface area contributed by atoms with Gasteiger partial charge in [-0.2, -0.15) is 0 Å². The van der Waals surface area contributed by atoms with Crippen molar-refractivity contribution in [3.63, 3.8) is 0 Å². The zero-order valence-corrected chi connectivity index (χ0v) is 12.7. The average Bonchev–Trinajstić information content (AvgIpc) is 2.31. The fraction of sp³-hybridized carbons (Fsp3) is 0.562. The summed E-state index contributed by atoms with van der Waals surface area (Å²) in [5.74, 6) is -0.0430. The summed E-state index contributed by atoms with van der Waals surface area (Å²) in [7, 11) is 0. The standard InChI is InChI=1S/C16H24N2O2/c1-10-5-6-14(9-16(10)17-13(4)19)18-15-7-11(2)20-12(3)8-15/h5-6,9,11-12,15,18H,7-8H2,1-4H3,(H,17,19). The number of carbonyl (C=O) groups excluding carboxylic acids is 1. The van der Waals surface area contributed by atoms with Crippen LogP contribution in [0.25, 0.3) is 0 Å². The third-order valence-corrected chi connectivity index (χ3v) is 3.62. The van der Waals surface area contributed by atoms with Gasteiger partial charge in [-0.3, -0.25) is 4.79 Å². The summed E-state index contributed by atoms with van der Waals surface area (Å²) in [6, 6.07) is 6.51. The molecule has 1 amide bonds. The second-order valence-corrected chi connectivity index (χ2v) is 5.78. The summed E-state index contributed by atoms with van der Waals surface area (Å²) in [6.07, 6.45) is 2.59. The molecular weight excluding hydrogens is 252 g/mol. The molecular formula is C16H24N2O2. The molecule has 2 unspecified atom stereocenters. The van der Waals surface area contributed by atoms with Crippen LogP contribution in [0.3, 0.4) is 0 Å². The van der Waals surface area contributed by atoms with E-state index in [1.165, 1.54) is 6.92 Å². The van der Waals surface area contributed by atoms with Crippen molar-refractivity contribution in [1.82, 2.24) is 0 Å². The molecule has 1 heterocycles. The van der Waals surface area contributed by atoms with Gasteiger partial charge in [-0.1, -0.05) is 6.07 Å². The summed E-state index contributed by atoms with van der Waals surface area (Å²) < 4.78 is 5.75. The molecule has 1 aromatic rings. The summed E-state index contributed by atoms with van der Waals surface area (Å²) in [6.45, 7) is 7.75. The van der Waals surface area contributed by atoms with Gasteiger partial charge in [0.2, 0.25) is 5.91 Å². The van der Waals surface area contributed by atoms with Gasteiger partial charge in [0.05, 0.1) is 12.2 Å². The van der Waals surface area contributed by atoms with Crippen LogP contribution in [0, 0.1) is 6.92 Å². The van der Waals surface area contributed by atoms with Crippen LogP contribution in [0.4, 0.5) is 11.4 Å². The number of carbonyl (C=O) groups is 1. The molecule has 2 N–H and O–H groups in total. The Hall–Kier alpha value is -1.55.